The van der Waals surface area contributed by atoms with Crippen molar-refractivity contribution < 1.29 is 19.2 Å². The molecule has 2 fully saturated rings. The number of piperazine rings is 1. The van der Waals surface area contributed by atoms with Gasteiger partial charge in [0.1, 0.15) is 22.6 Å². The van der Waals surface area contributed by atoms with Gasteiger partial charge in [0.15, 0.2) is 0 Å². The molecule has 2 aliphatic rings. The summed E-state index contributed by atoms with van der Waals surface area (Å²) in [5.41, 5.74) is -0.308. The molecule has 2 heterocycles. The average Bonchev–Trinajstić information content (AvgIpc) is 2.72. The number of hydrogen-bond donors (Lipinski definition) is 1. The molecule has 1 aliphatic carbocycles. The van der Waals surface area contributed by atoms with Crippen LogP contribution in [0, 0.1) is 16.0 Å². The molecule has 3 rings (SSSR count). The van der Waals surface area contributed by atoms with Gasteiger partial charge >= 0.3 is 11.8 Å². The molecule has 11 heteroatoms. The summed E-state index contributed by atoms with van der Waals surface area (Å²) in [6, 6.07) is 1.49. The summed E-state index contributed by atoms with van der Waals surface area (Å²) in [5, 5.41) is 14.6. The summed E-state index contributed by atoms with van der Waals surface area (Å²) in [7, 11) is 0. The normalized spacial score (nSPS) is 21.8. The minimum absolute atomic E-state index is 0.0280. The third-order valence-corrected chi connectivity index (χ3v) is 5.93. The van der Waals surface area contributed by atoms with Crippen molar-refractivity contribution >= 4 is 35.0 Å². The van der Waals surface area contributed by atoms with Crippen molar-refractivity contribution in [2.45, 2.75) is 58.1 Å². The Kier molecular flexibility index (Phi) is 7.43. The molecule has 2 amide bonds. The number of nitrogens with zero attached hydrogens (tertiary/aromatic N) is 4. The highest BCUT2D eigenvalue weighted by molar-refractivity contribution is 6.29. The summed E-state index contributed by atoms with van der Waals surface area (Å²) < 4.78 is 5.40. The van der Waals surface area contributed by atoms with E-state index in [0.717, 1.165) is 19.0 Å². The lowest BCUT2D eigenvalue weighted by molar-refractivity contribution is -0.384. The second-order valence-electron chi connectivity index (χ2n) is 9.27. The van der Waals surface area contributed by atoms with Gasteiger partial charge in [-0.05, 0) is 46.5 Å². The molecule has 0 radical (unpaired) electrons. The predicted molar refractivity (Wildman–Crippen MR) is 120 cm³/mol. The Morgan fingerprint density at radius 1 is 1.16 bits per heavy atom. The molecule has 1 N–H and O–H groups in total. The fourth-order valence-electron chi connectivity index (χ4n) is 4.08. The highest BCUT2D eigenvalue weighted by Gasteiger charge is 2.33. The number of hydrogen-bond acceptors (Lipinski definition) is 7. The molecule has 0 spiro atoms. The third kappa shape index (κ3) is 6.21. The van der Waals surface area contributed by atoms with Crippen LogP contribution in [0.15, 0.2) is 12.3 Å². The van der Waals surface area contributed by atoms with Crippen molar-refractivity contribution in [3.63, 3.8) is 0 Å². The van der Waals surface area contributed by atoms with E-state index in [1.165, 1.54) is 6.07 Å². The number of aromatic nitrogens is 1. The van der Waals surface area contributed by atoms with Crippen molar-refractivity contribution in [1.82, 2.24) is 14.8 Å². The van der Waals surface area contributed by atoms with E-state index in [1.807, 2.05) is 25.7 Å². The second kappa shape index (κ2) is 9.89. The first-order valence-electron chi connectivity index (χ1n) is 10.9. The molecular formula is C21H30ClN5O5. The first-order chi connectivity index (χ1) is 15.0. The maximum Gasteiger partial charge on any atom is 0.410 e. The lowest BCUT2D eigenvalue weighted by atomic mass is 9.85. The summed E-state index contributed by atoms with van der Waals surface area (Å²) >= 11 is 5.89. The van der Waals surface area contributed by atoms with Gasteiger partial charge in [0.05, 0.1) is 4.92 Å². The van der Waals surface area contributed by atoms with Gasteiger partial charge < -0.3 is 19.9 Å². The van der Waals surface area contributed by atoms with Crippen LogP contribution in [-0.2, 0) is 9.53 Å². The zero-order valence-electron chi connectivity index (χ0n) is 18.7. The van der Waals surface area contributed by atoms with Crippen LogP contribution in [0.4, 0.5) is 16.2 Å². The van der Waals surface area contributed by atoms with E-state index in [0.29, 0.717) is 44.7 Å². The van der Waals surface area contributed by atoms with Gasteiger partial charge in [-0.15, -0.1) is 0 Å². The van der Waals surface area contributed by atoms with E-state index in [9.17, 15) is 19.7 Å². The maximum atomic E-state index is 13.0. The summed E-state index contributed by atoms with van der Waals surface area (Å²) in [6.45, 7) is 7.41. The molecular weight excluding hydrogens is 438 g/mol. The summed E-state index contributed by atoms with van der Waals surface area (Å²) in [5.74, 6) is 0.0439. The molecule has 0 atom stereocenters. The molecule has 176 valence electrons. The number of carbonyl (C=O) groups is 2. The Hall–Kier alpha value is -2.62. The third-order valence-electron chi connectivity index (χ3n) is 5.73. The van der Waals surface area contributed by atoms with Crippen LogP contribution in [-0.4, -0.2) is 69.5 Å². The van der Waals surface area contributed by atoms with E-state index in [2.05, 4.69) is 10.3 Å². The number of nitrogens with one attached hydrogen (secondary N) is 1. The number of anilines is 1. The van der Waals surface area contributed by atoms with Gasteiger partial charge in [0.25, 0.3) is 0 Å². The van der Waals surface area contributed by atoms with Crippen LogP contribution in [0.3, 0.4) is 0 Å². The van der Waals surface area contributed by atoms with Crippen LogP contribution < -0.4 is 5.32 Å². The first kappa shape index (κ1) is 24.0. The van der Waals surface area contributed by atoms with Gasteiger partial charge in [-0.3, -0.25) is 14.9 Å². The van der Waals surface area contributed by atoms with E-state index in [-0.39, 0.29) is 34.8 Å². The Morgan fingerprint density at radius 3 is 2.31 bits per heavy atom. The van der Waals surface area contributed by atoms with E-state index < -0.39 is 10.5 Å². The zero-order valence-corrected chi connectivity index (χ0v) is 19.4. The van der Waals surface area contributed by atoms with E-state index in [4.69, 9.17) is 16.3 Å². The minimum Gasteiger partial charge on any atom is -0.444 e. The quantitative estimate of drug-likeness (QED) is 0.407. The second-order valence-corrected chi connectivity index (χ2v) is 9.65. The number of nitro groups is 1. The number of halogens is 1. The fourth-order valence-corrected chi connectivity index (χ4v) is 4.24. The van der Waals surface area contributed by atoms with E-state index >= 15 is 0 Å². The zero-order chi connectivity index (χ0) is 23.5. The highest BCUT2D eigenvalue weighted by Crippen LogP contribution is 2.32. The Balaban J connectivity index is 1.48. The number of amides is 2. The van der Waals surface area contributed by atoms with Gasteiger partial charge in [-0.25, -0.2) is 9.78 Å². The van der Waals surface area contributed by atoms with Gasteiger partial charge in [-0.1, -0.05) is 11.6 Å². The van der Waals surface area contributed by atoms with Crippen molar-refractivity contribution in [3.8, 4) is 0 Å². The molecule has 1 aromatic heterocycles. The highest BCUT2D eigenvalue weighted by atomic mass is 35.5. The molecule has 1 saturated heterocycles. The molecule has 1 aromatic rings. The lowest BCUT2D eigenvalue weighted by Gasteiger charge is -2.38. The van der Waals surface area contributed by atoms with Gasteiger partial charge in [0.2, 0.25) is 5.91 Å². The molecule has 0 unspecified atom stereocenters. The van der Waals surface area contributed by atoms with Crippen molar-refractivity contribution in [1.29, 1.82) is 0 Å². The summed E-state index contributed by atoms with van der Waals surface area (Å²) in [6.07, 6.45) is 3.67. The van der Waals surface area contributed by atoms with Gasteiger partial charge in [-0.2, -0.15) is 0 Å². The Bertz CT molecular complexity index is 859. The molecule has 0 aromatic carbocycles. The van der Waals surface area contributed by atoms with Crippen molar-refractivity contribution in [2.75, 3.05) is 31.5 Å². The summed E-state index contributed by atoms with van der Waals surface area (Å²) in [4.78, 5) is 43.2. The van der Waals surface area contributed by atoms with Crippen LogP contribution >= 0.6 is 11.6 Å². The van der Waals surface area contributed by atoms with E-state index in [1.54, 1.807) is 4.90 Å². The van der Waals surface area contributed by atoms with Crippen LogP contribution in [0.5, 0.6) is 0 Å². The fraction of sp³-hybridized carbons (Fsp3) is 0.667. The largest absolute Gasteiger partial charge is 0.444 e. The SMILES string of the molecule is CC(C)(C)OC(=O)N1CCN(C(=O)C2CCC(Nc3cc(Cl)ncc3[N+](=O)[O-])CC2)CC1. The predicted octanol–water partition coefficient (Wildman–Crippen LogP) is 3.69. The van der Waals surface area contributed by atoms with Gasteiger partial charge in [0, 0.05) is 44.2 Å². The van der Waals surface area contributed by atoms with Crippen molar-refractivity contribution in [3.05, 3.63) is 27.5 Å². The minimum atomic E-state index is -0.543. The standard InChI is InChI=1S/C21H30ClN5O5/c1-21(2,3)32-20(29)26-10-8-25(9-11-26)19(28)14-4-6-15(7-5-14)24-16-12-18(22)23-13-17(16)27(30)31/h12-15H,4-11H2,1-3H3,(H,23,24). The monoisotopic (exact) mass is 467 g/mol. The molecule has 1 saturated carbocycles. The molecule has 1 aliphatic heterocycles. The molecule has 0 bridgehead atoms. The lowest BCUT2D eigenvalue weighted by Crippen LogP contribution is -2.53. The maximum absolute atomic E-state index is 13.0. The smallest absolute Gasteiger partial charge is 0.410 e. The van der Waals surface area contributed by atoms with Crippen LogP contribution in [0.25, 0.3) is 0 Å². The van der Waals surface area contributed by atoms with Crippen LogP contribution in [0.2, 0.25) is 5.15 Å². The average molecular weight is 468 g/mol. The number of pyridine rings is 1. The topological polar surface area (TPSA) is 118 Å². The van der Waals surface area contributed by atoms with Crippen LogP contribution in [0.1, 0.15) is 46.5 Å². The number of rotatable bonds is 4. The number of ether oxygens (including phenoxy) is 1. The first-order valence-corrected chi connectivity index (χ1v) is 11.2. The van der Waals surface area contributed by atoms with Crippen molar-refractivity contribution in [2.24, 2.45) is 5.92 Å². The molecule has 32 heavy (non-hydrogen) atoms. The number of carbonyl (C=O) groups excluding carboxylic acids is 2. The Labute approximate surface area is 192 Å². The Morgan fingerprint density at radius 2 is 1.75 bits per heavy atom. The molecule has 10 nitrogen and oxygen atoms in total.